The van der Waals surface area contributed by atoms with Gasteiger partial charge in [0.15, 0.2) is 0 Å². The van der Waals surface area contributed by atoms with E-state index in [1.165, 1.54) is 5.56 Å². The first-order valence-corrected chi connectivity index (χ1v) is 8.22. The Hall–Kier alpha value is -2.14. The number of hydrogen-bond acceptors (Lipinski definition) is 4. The summed E-state index contributed by atoms with van der Waals surface area (Å²) in [5.74, 6) is 0.266. The first kappa shape index (κ1) is 14.5. The number of aromatic nitrogens is 1. The predicted octanol–water partition coefficient (Wildman–Crippen LogP) is 2.69. The van der Waals surface area contributed by atoms with Crippen molar-refractivity contribution in [2.75, 3.05) is 24.5 Å². The second kappa shape index (κ2) is 5.81. The van der Waals surface area contributed by atoms with Crippen LogP contribution in [0, 0.1) is 5.41 Å². The summed E-state index contributed by atoms with van der Waals surface area (Å²) in [6, 6.07) is 5.86. The van der Waals surface area contributed by atoms with Crippen LogP contribution in [0.15, 0.2) is 47.5 Å². The number of rotatable bonds is 3. The molecule has 2 aromatic heterocycles. The summed E-state index contributed by atoms with van der Waals surface area (Å²) in [6.07, 6.45) is 10.0. The van der Waals surface area contributed by atoms with Gasteiger partial charge < -0.3 is 9.32 Å². The molecule has 0 radical (unpaired) electrons. The fourth-order valence-electron chi connectivity index (χ4n) is 3.96. The van der Waals surface area contributed by atoms with E-state index in [0.29, 0.717) is 0 Å². The summed E-state index contributed by atoms with van der Waals surface area (Å²) >= 11 is 0. The summed E-state index contributed by atoms with van der Waals surface area (Å²) in [4.78, 5) is 21.5. The van der Waals surface area contributed by atoms with Crippen LogP contribution in [0.3, 0.4) is 0 Å². The van der Waals surface area contributed by atoms with Gasteiger partial charge in [0.1, 0.15) is 0 Å². The minimum Gasteiger partial charge on any atom is -0.472 e. The quantitative estimate of drug-likeness (QED) is 0.874. The average molecular weight is 311 g/mol. The molecule has 1 unspecified atom stereocenters. The van der Waals surface area contributed by atoms with Gasteiger partial charge in [-0.25, -0.2) is 0 Å². The zero-order valence-electron chi connectivity index (χ0n) is 13.1. The maximum absolute atomic E-state index is 13.1. The highest BCUT2D eigenvalue weighted by Crippen LogP contribution is 2.41. The molecule has 120 valence electrons. The molecular formula is C18H21N3O2. The van der Waals surface area contributed by atoms with E-state index < -0.39 is 0 Å². The van der Waals surface area contributed by atoms with E-state index in [4.69, 9.17) is 4.42 Å². The lowest BCUT2D eigenvalue weighted by molar-refractivity contribution is -0.128. The number of amides is 1. The van der Waals surface area contributed by atoms with E-state index in [1.54, 1.807) is 24.9 Å². The molecule has 2 aliphatic heterocycles. The molecule has 2 saturated heterocycles. The second-order valence-electron chi connectivity index (χ2n) is 6.64. The van der Waals surface area contributed by atoms with Gasteiger partial charge in [-0.2, -0.15) is 0 Å². The fraction of sp³-hybridized carbons (Fsp3) is 0.444. The standard InChI is InChI=1S/C18H21N3O2/c22-17-18(6-9-21(17)16-3-1-7-19-11-16)5-2-8-20(14-18)12-15-4-10-23-13-15/h1,3-4,7,10-11,13H,2,5-6,8-9,12,14H2. The van der Waals surface area contributed by atoms with E-state index >= 15 is 0 Å². The van der Waals surface area contributed by atoms with Crippen LogP contribution in [0.1, 0.15) is 24.8 Å². The Bertz CT molecular complexity index is 671. The van der Waals surface area contributed by atoms with Crippen molar-refractivity contribution in [3.05, 3.63) is 48.7 Å². The zero-order chi connectivity index (χ0) is 15.7. The molecule has 1 amide bonds. The molecule has 4 rings (SSSR count). The van der Waals surface area contributed by atoms with Crippen LogP contribution < -0.4 is 4.90 Å². The molecule has 4 heterocycles. The lowest BCUT2D eigenvalue weighted by atomic mass is 9.78. The number of carbonyl (C=O) groups is 1. The maximum atomic E-state index is 13.1. The molecule has 0 aliphatic carbocycles. The largest absolute Gasteiger partial charge is 0.472 e. The van der Waals surface area contributed by atoms with Crippen LogP contribution >= 0.6 is 0 Å². The lowest BCUT2D eigenvalue weighted by Gasteiger charge is -2.38. The summed E-state index contributed by atoms with van der Waals surface area (Å²) < 4.78 is 5.16. The lowest BCUT2D eigenvalue weighted by Crippen LogP contribution is -2.47. The van der Waals surface area contributed by atoms with Gasteiger partial charge in [0, 0.05) is 31.4 Å². The Kier molecular flexibility index (Phi) is 3.65. The van der Waals surface area contributed by atoms with Gasteiger partial charge in [-0.05, 0) is 44.0 Å². The molecule has 5 nitrogen and oxygen atoms in total. The Morgan fingerprint density at radius 1 is 1.26 bits per heavy atom. The van der Waals surface area contributed by atoms with E-state index in [9.17, 15) is 4.79 Å². The first-order valence-electron chi connectivity index (χ1n) is 8.22. The number of hydrogen-bond donors (Lipinski definition) is 0. The van der Waals surface area contributed by atoms with Crippen LogP contribution in [0.4, 0.5) is 5.69 Å². The highest BCUT2D eigenvalue weighted by molar-refractivity contribution is 6.00. The van der Waals surface area contributed by atoms with Crippen molar-refractivity contribution in [3.8, 4) is 0 Å². The van der Waals surface area contributed by atoms with E-state index in [-0.39, 0.29) is 11.3 Å². The molecule has 23 heavy (non-hydrogen) atoms. The zero-order valence-corrected chi connectivity index (χ0v) is 13.1. The molecular weight excluding hydrogens is 290 g/mol. The number of pyridine rings is 1. The smallest absolute Gasteiger partial charge is 0.234 e. The third-order valence-electron chi connectivity index (χ3n) is 5.11. The van der Waals surface area contributed by atoms with Crippen molar-refractivity contribution < 1.29 is 9.21 Å². The Morgan fingerprint density at radius 2 is 2.22 bits per heavy atom. The normalized spacial score (nSPS) is 25.4. The van der Waals surface area contributed by atoms with Crippen molar-refractivity contribution in [1.82, 2.24) is 9.88 Å². The SMILES string of the molecule is O=C1N(c2cccnc2)CCC12CCCN(Cc1ccoc1)C2. The van der Waals surface area contributed by atoms with Gasteiger partial charge in [-0.1, -0.05) is 0 Å². The summed E-state index contributed by atoms with van der Waals surface area (Å²) in [5.41, 5.74) is 1.87. The van der Waals surface area contributed by atoms with Crippen LogP contribution in [0.25, 0.3) is 0 Å². The van der Waals surface area contributed by atoms with E-state index in [0.717, 1.165) is 51.1 Å². The second-order valence-corrected chi connectivity index (χ2v) is 6.64. The summed E-state index contributed by atoms with van der Waals surface area (Å²) in [6.45, 7) is 3.55. The number of furan rings is 1. The molecule has 5 heteroatoms. The molecule has 0 bridgehead atoms. The first-order chi connectivity index (χ1) is 11.3. The minimum absolute atomic E-state index is 0.224. The van der Waals surface area contributed by atoms with Gasteiger partial charge in [-0.15, -0.1) is 0 Å². The third kappa shape index (κ3) is 2.65. The molecule has 2 aliphatic rings. The highest BCUT2D eigenvalue weighted by atomic mass is 16.3. The fourth-order valence-corrected chi connectivity index (χ4v) is 3.96. The molecule has 2 aromatic rings. The van der Waals surface area contributed by atoms with Crippen LogP contribution in [0.2, 0.25) is 0 Å². The Labute approximate surface area is 135 Å². The Balaban J connectivity index is 1.51. The molecule has 1 spiro atoms. The van der Waals surface area contributed by atoms with Gasteiger partial charge in [-0.3, -0.25) is 14.7 Å². The molecule has 0 N–H and O–H groups in total. The number of piperidine rings is 1. The molecule has 1 atom stereocenters. The van der Waals surface area contributed by atoms with Crippen molar-refractivity contribution in [1.29, 1.82) is 0 Å². The van der Waals surface area contributed by atoms with Crippen molar-refractivity contribution >= 4 is 11.6 Å². The maximum Gasteiger partial charge on any atom is 0.234 e. The van der Waals surface area contributed by atoms with Crippen LogP contribution in [-0.4, -0.2) is 35.4 Å². The van der Waals surface area contributed by atoms with Crippen molar-refractivity contribution in [2.24, 2.45) is 5.41 Å². The van der Waals surface area contributed by atoms with Crippen LogP contribution in [-0.2, 0) is 11.3 Å². The molecule has 0 aromatic carbocycles. The van der Waals surface area contributed by atoms with Gasteiger partial charge in [0.25, 0.3) is 0 Å². The topological polar surface area (TPSA) is 49.6 Å². The van der Waals surface area contributed by atoms with Crippen molar-refractivity contribution in [2.45, 2.75) is 25.8 Å². The van der Waals surface area contributed by atoms with Gasteiger partial charge in [0.2, 0.25) is 5.91 Å². The van der Waals surface area contributed by atoms with Gasteiger partial charge >= 0.3 is 0 Å². The van der Waals surface area contributed by atoms with Gasteiger partial charge in [0.05, 0.1) is 29.8 Å². The number of likely N-dealkylation sites (tertiary alicyclic amines) is 1. The highest BCUT2D eigenvalue weighted by Gasteiger charge is 2.49. The predicted molar refractivity (Wildman–Crippen MR) is 86.9 cm³/mol. The van der Waals surface area contributed by atoms with E-state index in [2.05, 4.69) is 9.88 Å². The van der Waals surface area contributed by atoms with E-state index in [1.807, 2.05) is 23.1 Å². The average Bonchev–Trinajstić information content (AvgIpc) is 3.19. The summed E-state index contributed by atoms with van der Waals surface area (Å²) in [7, 11) is 0. The Morgan fingerprint density at radius 3 is 3.00 bits per heavy atom. The molecule has 0 saturated carbocycles. The van der Waals surface area contributed by atoms with Crippen LogP contribution in [0.5, 0.6) is 0 Å². The minimum atomic E-state index is -0.224. The summed E-state index contributed by atoms with van der Waals surface area (Å²) in [5, 5.41) is 0. The number of anilines is 1. The molecule has 2 fully saturated rings. The monoisotopic (exact) mass is 311 g/mol. The number of carbonyl (C=O) groups excluding carboxylic acids is 1. The third-order valence-corrected chi connectivity index (χ3v) is 5.11. The van der Waals surface area contributed by atoms with Crippen molar-refractivity contribution in [3.63, 3.8) is 0 Å². The number of nitrogens with zero attached hydrogens (tertiary/aromatic N) is 3.